The van der Waals surface area contributed by atoms with Gasteiger partial charge in [0, 0.05) is 84.7 Å². The molecule has 0 spiro atoms. The van der Waals surface area contributed by atoms with Crippen LogP contribution in [0.15, 0.2) is 357 Å². The fourth-order valence-electron chi connectivity index (χ4n) is 15.7. The minimum absolute atomic E-state index is 0. The van der Waals surface area contributed by atoms with Gasteiger partial charge in [-0.3, -0.25) is 24.9 Å². The average molecular weight is 2030 g/mol. The molecule has 552 valence electrons. The van der Waals surface area contributed by atoms with Gasteiger partial charge < -0.3 is 43.1 Å². The molecular weight excluding hydrogens is 1970 g/mol. The van der Waals surface area contributed by atoms with Gasteiger partial charge in [-0.05, 0) is 134 Å². The van der Waals surface area contributed by atoms with E-state index in [0.717, 1.165) is 50.5 Å². The molecule has 0 radical (unpaired) electrons. The molecule has 0 aliphatic heterocycles. The van der Waals surface area contributed by atoms with E-state index < -0.39 is 16.2 Å². The Morgan fingerprint density at radius 3 is 1.04 bits per heavy atom. The first-order valence-corrected chi connectivity index (χ1v) is 36.8. The molecule has 0 saturated carbocycles. The zero-order valence-corrected chi connectivity index (χ0v) is 67.6. The number of aromatic nitrogens is 10. The van der Waals surface area contributed by atoms with Gasteiger partial charge in [0.15, 0.2) is 0 Å². The van der Waals surface area contributed by atoms with Crippen molar-refractivity contribution in [1.29, 1.82) is 0 Å². The van der Waals surface area contributed by atoms with Gasteiger partial charge in [0.1, 0.15) is 11.0 Å². The molecular formula is C96H58N10O4Pt3S. The molecule has 9 aromatic carbocycles. The van der Waals surface area contributed by atoms with Crippen LogP contribution in [0.3, 0.4) is 0 Å². The standard InChI is InChI=1S/C32H20N4O.C32H19N3O2.C32H19N3OS.3Pt/c1-3-13-28-26(11-1)27-12-2-4-14-29(27)32(28,30-15-5-6-17-33-30)23-9-7-10-24(21-23)37-25-16-20-36(22-25)31-34-18-8-19-35-31;1-3-13-27-25(11-1)26-12-2-4-14-28(26)32(27,29-15-5-6-16-33-29)23-9-7-10-24(20-23)37-30-19-22(21-36-30)31-34-17-8-18-35-31;1-3-13-27-25(11-1)26-12-2-4-14-28(26)32(27,29-15-5-6-16-33-29)23-9-7-10-24(20-23)36-30-19-22(21-37-30)31-34-17-8-18-35-31;;;/h1-20H;2*1-18,21H;;;/q3*-2;3*+2. The summed E-state index contributed by atoms with van der Waals surface area (Å²) < 4.78 is 25.9. The van der Waals surface area contributed by atoms with Crippen LogP contribution in [0.4, 0.5) is 0 Å². The predicted molar refractivity (Wildman–Crippen MR) is 424 cm³/mol. The van der Waals surface area contributed by atoms with Crippen LogP contribution in [-0.4, -0.2) is 49.4 Å². The SMILES string of the molecule is [Pt+2].[Pt+2].[Pt+2].[c-]1c(Oc2[c-]c(-c3ncccn3)co2)cccc1C1(c2ccccn2)c2ccccc2-c2ccccc21.[c-]1c(Oc2[c-]c(-c3ncccn3)cs2)cccc1C1(c2ccccn2)c2ccccc2-c2ccccc21.[c-]1c(Oc2[c-]n(-c3ncccn3)cc2)cccc1C1(c2ccccn2)c2ccccc2-c2ccccc21. The molecule has 3 aliphatic rings. The van der Waals surface area contributed by atoms with Gasteiger partial charge in [-0.15, -0.1) is 87.9 Å². The van der Waals surface area contributed by atoms with Gasteiger partial charge in [-0.1, -0.05) is 170 Å². The summed E-state index contributed by atoms with van der Waals surface area (Å²) >= 11 is 1.46. The summed E-state index contributed by atoms with van der Waals surface area (Å²) in [7, 11) is 0. The molecule has 0 saturated heterocycles. The quantitative estimate of drug-likeness (QED) is 0.0892. The van der Waals surface area contributed by atoms with Crippen LogP contribution in [0.25, 0.3) is 62.1 Å². The van der Waals surface area contributed by atoms with Gasteiger partial charge in [0.2, 0.25) is 5.95 Å². The molecule has 0 unspecified atom stereocenters. The van der Waals surface area contributed by atoms with Crippen molar-refractivity contribution in [3.05, 3.63) is 456 Å². The van der Waals surface area contributed by atoms with Crippen molar-refractivity contribution >= 4 is 11.3 Å². The van der Waals surface area contributed by atoms with Crippen molar-refractivity contribution in [2.45, 2.75) is 16.2 Å². The van der Waals surface area contributed by atoms with Crippen LogP contribution in [-0.2, 0) is 79.4 Å². The molecule has 0 N–H and O–H groups in total. The summed E-state index contributed by atoms with van der Waals surface area (Å²) in [6, 6.07) is 112. The Hall–Kier alpha value is -12.6. The number of thiophene rings is 1. The molecule has 0 fully saturated rings. The maximum Gasteiger partial charge on any atom is 2.00 e. The smallest absolute Gasteiger partial charge is 0.507 e. The Labute approximate surface area is 705 Å². The second-order valence-electron chi connectivity index (χ2n) is 26.2. The number of nitrogens with zero attached hydrogens (tertiary/aromatic N) is 10. The molecule has 0 bridgehead atoms. The minimum Gasteiger partial charge on any atom is -0.507 e. The largest absolute Gasteiger partial charge is 2.00 e. The molecule has 3 aliphatic carbocycles. The zero-order valence-electron chi connectivity index (χ0n) is 59.9. The van der Waals surface area contributed by atoms with Gasteiger partial charge in [0.25, 0.3) is 0 Å². The minimum atomic E-state index is -0.649. The zero-order chi connectivity index (χ0) is 74.0. The summed E-state index contributed by atoms with van der Waals surface area (Å²) in [5.41, 5.74) is 19.5. The van der Waals surface area contributed by atoms with Gasteiger partial charge >= 0.3 is 63.2 Å². The predicted octanol–water partition coefficient (Wildman–Crippen LogP) is 20.7. The van der Waals surface area contributed by atoms with E-state index in [0.29, 0.717) is 51.2 Å². The first-order valence-electron chi connectivity index (χ1n) is 35.9. The second kappa shape index (κ2) is 33.0. The third kappa shape index (κ3) is 13.6. The van der Waals surface area contributed by atoms with Crippen molar-refractivity contribution in [3.63, 3.8) is 0 Å². The van der Waals surface area contributed by atoms with E-state index >= 15 is 0 Å². The van der Waals surface area contributed by atoms with E-state index in [9.17, 15) is 0 Å². The number of benzene rings is 9. The molecule has 9 aromatic heterocycles. The van der Waals surface area contributed by atoms with Crippen LogP contribution in [0.1, 0.15) is 67.2 Å². The summed E-state index contributed by atoms with van der Waals surface area (Å²) in [5.74, 6) is 4.18. The van der Waals surface area contributed by atoms with E-state index in [1.807, 2.05) is 109 Å². The maximum atomic E-state index is 6.27. The fourth-order valence-corrected chi connectivity index (χ4v) is 16.4. The Morgan fingerprint density at radius 1 is 0.298 bits per heavy atom. The van der Waals surface area contributed by atoms with Crippen LogP contribution >= 0.6 is 11.3 Å². The topological polar surface area (TPSA) is 162 Å². The van der Waals surface area contributed by atoms with E-state index in [4.69, 9.17) is 33.6 Å². The molecule has 18 heteroatoms. The van der Waals surface area contributed by atoms with Gasteiger partial charge in [-0.2, -0.15) is 47.7 Å². The van der Waals surface area contributed by atoms with Crippen LogP contribution in [0.5, 0.6) is 34.0 Å². The van der Waals surface area contributed by atoms with Crippen LogP contribution < -0.4 is 14.2 Å². The van der Waals surface area contributed by atoms with Crippen molar-refractivity contribution in [2.75, 3.05) is 0 Å². The third-order valence-corrected chi connectivity index (χ3v) is 20.9. The van der Waals surface area contributed by atoms with E-state index in [1.54, 1.807) is 59.9 Å². The van der Waals surface area contributed by atoms with Gasteiger partial charge in [0.05, 0.1) is 39.1 Å². The van der Waals surface area contributed by atoms with E-state index in [2.05, 4.69) is 248 Å². The maximum absolute atomic E-state index is 6.27. The second-order valence-corrected chi connectivity index (χ2v) is 27.1. The summed E-state index contributed by atoms with van der Waals surface area (Å²) in [5, 5.41) is 2.59. The summed E-state index contributed by atoms with van der Waals surface area (Å²) in [6.45, 7) is 0. The summed E-state index contributed by atoms with van der Waals surface area (Å²) in [4.78, 5) is 40.3. The van der Waals surface area contributed by atoms with Crippen LogP contribution in [0, 0.1) is 36.5 Å². The molecule has 14 nitrogen and oxygen atoms in total. The number of fused-ring (bicyclic) bond motifs is 9. The fraction of sp³-hybridized carbons (Fsp3) is 0.0312. The Kier molecular flexibility index (Phi) is 21.8. The number of ether oxygens (including phenoxy) is 3. The molecule has 18 aromatic rings. The Balaban J connectivity index is 0.000000127. The monoisotopic (exact) mass is 2030 g/mol. The van der Waals surface area contributed by atoms with Crippen molar-refractivity contribution < 1.29 is 81.8 Å². The molecule has 9 heterocycles. The third-order valence-electron chi connectivity index (χ3n) is 20.2. The summed E-state index contributed by atoms with van der Waals surface area (Å²) in [6.07, 6.45) is 22.3. The Morgan fingerprint density at radius 2 is 0.649 bits per heavy atom. The number of furan rings is 1. The van der Waals surface area contributed by atoms with Crippen molar-refractivity contribution in [2.24, 2.45) is 0 Å². The number of pyridine rings is 3. The molecule has 0 amide bonds. The van der Waals surface area contributed by atoms with Crippen molar-refractivity contribution in [1.82, 2.24) is 49.4 Å². The Bertz CT molecular complexity index is 5630. The average Bonchev–Trinajstić information content (AvgIpc) is 1.55. The number of rotatable bonds is 15. The van der Waals surface area contributed by atoms with E-state index in [1.165, 1.54) is 73.2 Å². The van der Waals surface area contributed by atoms with E-state index in [-0.39, 0.29) is 69.1 Å². The normalized spacial score (nSPS) is 12.7. The van der Waals surface area contributed by atoms with Crippen LogP contribution in [0.2, 0.25) is 0 Å². The molecule has 21 rings (SSSR count). The first kappa shape index (κ1) is 75.4. The van der Waals surface area contributed by atoms with Crippen molar-refractivity contribution in [3.8, 4) is 96.1 Å². The number of hydrogen-bond donors (Lipinski definition) is 0. The van der Waals surface area contributed by atoms with Gasteiger partial charge in [-0.25, -0.2) is 0 Å². The first-order chi connectivity index (χ1) is 55.0. The number of hydrogen-bond acceptors (Lipinski definition) is 14. The molecule has 0 atom stereocenters. The molecule has 114 heavy (non-hydrogen) atoms.